The maximum Gasteiger partial charge on any atom is 0.328 e. The van der Waals surface area contributed by atoms with Crippen molar-refractivity contribution < 1.29 is 19.4 Å². The summed E-state index contributed by atoms with van der Waals surface area (Å²) in [6, 6.07) is 1.71. The fraction of sp³-hybridized carbons (Fsp3) is 0.467. The zero-order valence-corrected chi connectivity index (χ0v) is 12.8. The van der Waals surface area contributed by atoms with Crippen LogP contribution in [0.5, 0.6) is 0 Å². The van der Waals surface area contributed by atoms with Gasteiger partial charge in [0.1, 0.15) is 0 Å². The fourth-order valence-corrected chi connectivity index (χ4v) is 3.04. The minimum atomic E-state index is -0.997. The zero-order valence-electron chi connectivity index (χ0n) is 11.9. The smallest absolute Gasteiger partial charge is 0.328 e. The third-order valence-electron chi connectivity index (χ3n) is 3.36. The number of hydrogen-bond donors (Lipinski definition) is 1. The molecule has 1 unspecified atom stereocenters. The summed E-state index contributed by atoms with van der Waals surface area (Å²) in [6.45, 7) is 1.37. The van der Waals surface area contributed by atoms with E-state index in [9.17, 15) is 9.59 Å². The molecule has 0 radical (unpaired) electrons. The predicted octanol–water partition coefficient (Wildman–Crippen LogP) is 2.49. The van der Waals surface area contributed by atoms with Gasteiger partial charge in [0.15, 0.2) is 0 Å². The van der Waals surface area contributed by atoms with E-state index < -0.39 is 5.97 Å². The number of ether oxygens (including phenoxy) is 1. The summed E-state index contributed by atoms with van der Waals surface area (Å²) in [4.78, 5) is 25.2. The van der Waals surface area contributed by atoms with Gasteiger partial charge in [-0.25, -0.2) is 4.79 Å². The molecule has 0 spiro atoms. The quantitative estimate of drug-likeness (QED) is 0.849. The molecule has 1 aliphatic rings. The SMILES string of the molecule is CN(CC1CCCCO1)C(=O)c1csc(C=CC(=O)O)c1. The lowest BCUT2D eigenvalue weighted by molar-refractivity contribution is -0.131. The molecule has 2 rings (SSSR count). The second-order valence-corrected chi connectivity index (χ2v) is 6.03. The monoisotopic (exact) mass is 309 g/mol. The van der Waals surface area contributed by atoms with Crippen LogP contribution in [-0.2, 0) is 9.53 Å². The van der Waals surface area contributed by atoms with Crippen LogP contribution in [0, 0.1) is 0 Å². The lowest BCUT2D eigenvalue weighted by Crippen LogP contribution is -2.36. The molecule has 1 saturated heterocycles. The summed E-state index contributed by atoms with van der Waals surface area (Å²) in [5.74, 6) is -1.06. The number of carbonyl (C=O) groups excluding carboxylic acids is 1. The number of carbonyl (C=O) groups is 2. The van der Waals surface area contributed by atoms with E-state index in [1.165, 1.54) is 17.4 Å². The molecule has 5 nitrogen and oxygen atoms in total. The third kappa shape index (κ3) is 4.68. The highest BCUT2D eigenvalue weighted by atomic mass is 32.1. The molecule has 0 bridgehead atoms. The van der Waals surface area contributed by atoms with Gasteiger partial charge in [-0.2, -0.15) is 0 Å². The third-order valence-corrected chi connectivity index (χ3v) is 4.25. The van der Waals surface area contributed by atoms with Crippen molar-refractivity contribution in [2.24, 2.45) is 0 Å². The molecule has 1 atom stereocenters. The van der Waals surface area contributed by atoms with Crippen molar-refractivity contribution in [1.29, 1.82) is 0 Å². The minimum absolute atomic E-state index is 0.0598. The molecule has 21 heavy (non-hydrogen) atoms. The molecule has 1 amide bonds. The van der Waals surface area contributed by atoms with Gasteiger partial charge in [0.05, 0.1) is 11.7 Å². The van der Waals surface area contributed by atoms with Crippen molar-refractivity contribution in [2.45, 2.75) is 25.4 Å². The first kappa shape index (κ1) is 15.7. The number of carboxylic acid groups (broad SMARTS) is 1. The summed E-state index contributed by atoms with van der Waals surface area (Å²) >= 11 is 1.35. The van der Waals surface area contributed by atoms with Crippen molar-refractivity contribution in [3.8, 4) is 0 Å². The predicted molar refractivity (Wildman–Crippen MR) is 81.5 cm³/mol. The summed E-state index contributed by atoms with van der Waals surface area (Å²) < 4.78 is 5.64. The lowest BCUT2D eigenvalue weighted by atomic mass is 10.1. The van der Waals surface area contributed by atoms with Crippen LogP contribution in [0.15, 0.2) is 17.5 Å². The van der Waals surface area contributed by atoms with E-state index in [1.54, 1.807) is 23.4 Å². The van der Waals surface area contributed by atoms with E-state index in [-0.39, 0.29) is 12.0 Å². The maximum atomic E-state index is 12.3. The van der Waals surface area contributed by atoms with E-state index in [1.807, 2.05) is 0 Å². The lowest BCUT2D eigenvalue weighted by Gasteiger charge is -2.27. The zero-order chi connectivity index (χ0) is 15.2. The first-order chi connectivity index (χ1) is 10.1. The van der Waals surface area contributed by atoms with Crippen LogP contribution in [-0.4, -0.2) is 48.2 Å². The van der Waals surface area contributed by atoms with Gasteiger partial charge in [-0.1, -0.05) is 0 Å². The highest BCUT2D eigenvalue weighted by Gasteiger charge is 2.20. The van der Waals surface area contributed by atoms with E-state index in [0.717, 1.165) is 36.8 Å². The second-order valence-electron chi connectivity index (χ2n) is 5.08. The van der Waals surface area contributed by atoms with Crippen molar-refractivity contribution in [3.63, 3.8) is 0 Å². The largest absolute Gasteiger partial charge is 0.478 e. The first-order valence-electron chi connectivity index (χ1n) is 6.93. The first-order valence-corrected chi connectivity index (χ1v) is 7.81. The second kappa shape index (κ2) is 7.38. The van der Waals surface area contributed by atoms with Crippen LogP contribution < -0.4 is 0 Å². The Hall–Kier alpha value is -1.66. The van der Waals surface area contributed by atoms with Gasteiger partial charge in [0, 0.05) is 36.5 Å². The highest BCUT2D eigenvalue weighted by molar-refractivity contribution is 7.11. The molecule has 0 saturated carbocycles. The van der Waals surface area contributed by atoms with Gasteiger partial charge in [-0.3, -0.25) is 4.79 Å². The molecular formula is C15H19NO4S. The molecule has 0 aromatic carbocycles. The number of carboxylic acids is 1. The Morgan fingerprint density at radius 1 is 1.52 bits per heavy atom. The van der Waals surface area contributed by atoms with Crippen molar-refractivity contribution in [1.82, 2.24) is 4.90 Å². The average molecular weight is 309 g/mol. The number of nitrogens with zero attached hydrogens (tertiary/aromatic N) is 1. The van der Waals surface area contributed by atoms with Gasteiger partial charge in [0.2, 0.25) is 0 Å². The van der Waals surface area contributed by atoms with Gasteiger partial charge in [0.25, 0.3) is 5.91 Å². The number of aliphatic carboxylic acids is 1. The molecule has 1 aromatic heterocycles. The van der Waals surface area contributed by atoms with E-state index in [2.05, 4.69) is 0 Å². The standard InChI is InChI=1S/C15H19NO4S/c1-16(9-12-4-2-3-7-20-12)15(19)11-8-13(21-10-11)5-6-14(17)18/h5-6,8,10,12H,2-4,7,9H2,1H3,(H,17,18). The molecule has 2 heterocycles. The molecule has 114 valence electrons. The Morgan fingerprint density at radius 2 is 2.33 bits per heavy atom. The van der Waals surface area contributed by atoms with Gasteiger partial charge in [-0.05, 0) is 31.4 Å². The minimum Gasteiger partial charge on any atom is -0.478 e. The van der Waals surface area contributed by atoms with E-state index in [0.29, 0.717) is 12.1 Å². The Bertz CT molecular complexity index is 532. The van der Waals surface area contributed by atoms with Crippen LogP contribution in [0.2, 0.25) is 0 Å². The van der Waals surface area contributed by atoms with E-state index in [4.69, 9.17) is 9.84 Å². The van der Waals surface area contributed by atoms with Gasteiger partial charge in [-0.15, -0.1) is 11.3 Å². The maximum absolute atomic E-state index is 12.3. The molecule has 1 N–H and O–H groups in total. The number of likely N-dealkylation sites (N-methyl/N-ethyl adjacent to an activating group) is 1. The number of amides is 1. The normalized spacial score (nSPS) is 18.8. The summed E-state index contributed by atoms with van der Waals surface area (Å²) in [5.41, 5.74) is 0.586. The van der Waals surface area contributed by atoms with Crippen molar-refractivity contribution in [2.75, 3.05) is 20.2 Å². The average Bonchev–Trinajstić information content (AvgIpc) is 2.94. The topological polar surface area (TPSA) is 66.8 Å². The summed E-state index contributed by atoms with van der Waals surface area (Å²) in [5, 5.41) is 10.3. The van der Waals surface area contributed by atoms with Crippen LogP contribution in [0.4, 0.5) is 0 Å². The Kier molecular flexibility index (Phi) is 5.52. The molecule has 6 heteroatoms. The Morgan fingerprint density at radius 3 is 3.00 bits per heavy atom. The van der Waals surface area contributed by atoms with Crippen LogP contribution >= 0.6 is 11.3 Å². The Labute approximate surface area is 127 Å². The molecular weight excluding hydrogens is 290 g/mol. The molecule has 1 aliphatic heterocycles. The number of rotatable bonds is 5. The van der Waals surface area contributed by atoms with Crippen LogP contribution in [0.25, 0.3) is 6.08 Å². The number of thiophene rings is 1. The number of hydrogen-bond acceptors (Lipinski definition) is 4. The van der Waals surface area contributed by atoms with E-state index >= 15 is 0 Å². The summed E-state index contributed by atoms with van der Waals surface area (Å²) in [7, 11) is 1.77. The van der Waals surface area contributed by atoms with Gasteiger partial charge >= 0.3 is 5.97 Å². The Balaban J connectivity index is 1.93. The van der Waals surface area contributed by atoms with Crippen molar-refractivity contribution >= 4 is 29.3 Å². The van der Waals surface area contributed by atoms with Crippen LogP contribution in [0.1, 0.15) is 34.5 Å². The van der Waals surface area contributed by atoms with Gasteiger partial charge < -0.3 is 14.7 Å². The summed E-state index contributed by atoms with van der Waals surface area (Å²) in [6.07, 6.45) is 5.92. The molecule has 1 fully saturated rings. The molecule has 1 aromatic rings. The highest BCUT2D eigenvalue weighted by Crippen LogP contribution is 2.19. The molecule has 0 aliphatic carbocycles. The van der Waals surface area contributed by atoms with Crippen molar-refractivity contribution in [3.05, 3.63) is 28.0 Å². The fourth-order valence-electron chi connectivity index (χ4n) is 2.27. The van der Waals surface area contributed by atoms with Crippen LogP contribution in [0.3, 0.4) is 0 Å².